The van der Waals surface area contributed by atoms with Gasteiger partial charge in [-0.15, -0.1) is 0 Å². The molecular weight excluding hydrogens is 214 g/mol. The molecule has 1 aromatic heterocycles. The van der Waals surface area contributed by atoms with Crippen LogP contribution < -0.4 is 5.73 Å². The lowest BCUT2D eigenvalue weighted by molar-refractivity contribution is -0.131. The number of hydrogen-bond donors (Lipinski definition) is 2. The first-order valence-electron chi connectivity index (χ1n) is 5.65. The van der Waals surface area contributed by atoms with Gasteiger partial charge in [0.1, 0.15) is 0 Å². The molecule has 90 valence electrons. The number of H-pyrrole nitrogens is 1. The predicted molar refractivity (Wildman–Crippen MR) is 68.4 cm³/mol. The summed E-state index contributed by atoms with van der Waals surface area (Å²) in [5.41, 5.74) is 7.78. The lowest BCUT2D eigenvalue weighted by Crippen LogP contribution is -2.39. The van der Waals surface area contributed by atoms with Gasteiger partial charge in [0.05, 0.1) is 6.04 Å². The van der Waals surface area contributed by atoms with Crippen molar-refractivity contribution in [1.29, 1.82) is 0 Å². The number of benzene rings is 1. The number of hydrogen-bond acceptors (Lipinski definition) is 2. The third kappa shape index (κ3) is 2.31. The van der Waals surface area contributed by atoms with Crippen molar-refractivity contribution in [3.8, 4) is 0 Å². The maximum Gasteiger partial charge on any atom is 0.239 e. The van der Waals surface area contributed by atoms with E-state index in [1.54, 1.807) is 18.9 Å². The van der Waals surface area contributed by atoms with Crippen LogP contribution in [0, 0.1) is 0 Å². The maximum absolute atomic E-state index is 11.7. The fraction of sp³-hybridized carbons (Fsp3) is 0.308. The van der Waals surface area contributed by atoms with Gasteiger partial charge in [0, 0.05) is 30.7 Å². The fourth-order valence-corrected chi connectivity index (χ4v) is 1.94. The van der Waals surface area contributed by atoms with Crippen LogP contribution in [0.2, 0.25) is 0 Å². The molecule has 17 heavy (non-hydrogen) atoms. The molecule has 0 radical (unpaired) electrons. The number of para-hydroxylation sites is 1. The summed E-state index contributed by atoms with van der Waals surface area (Å²) in [6, 6.07) is 7.59. The van der Waals surface area contributed by atoms with E-state index >= 15 is 0 Å². The van der Waals surface area contributed by atoms with Crippen molar-refractivity contribution in [1.82, 2.24) is 9.88 Å². The summed E-state index contributed by atoms with van der Waals surface area (Å²) in [7, 11) is 1.77. The molecule has 0 spiro atoms. The number of carbonyl (C=O) groups is 1. The molecule has 1 heterocycles. The first-order chi connectivity index (χ1) is 8.09. The van der Waals surface area contributed by atoms with Gasteiger partial charge in [-0.25, -0.2) is 0 Å². The van der Waals surface area contributed by atoms with E-state index in [4.69, 9.17) is 5.73 Å². The molecule has 0 saturated heterocycles. The number of aromatic nitrogens is 1. The minimum Gasteiger partial charge on any atom is -0.361 e. The Kier molecular flexibility index (Phi) is 3.15. The van der Waals surface area contributed by atoms with Crippen LogP contribution in [0.1, 0.15) is 12.5 Å². The van der Waals surface area contributed by atoms with Crippen LogP contribution in [0.25, 0.3) is 10.9 Å². The van der Waals surface area contributed by atoms with E-state index in [0.717, 1.165) is 16.5 Å². The molecule has 0 aliphatic rings. The van der Waals surface area contributed by atoms with Gasteiger partial charge in [0.15, 0.2) is 0 Å². The molecule has 0 bridgehead atoms. The Labute approximate surface area is 100 Å². The Balaban J connectivity index is 2.21. The molecule has 1 atom stereocenters. The largest absolute Gasteiger partial charge is 0.361 e. The highest BCUT2D eigenvalue weighted by atomic mass is 16.2. The standard InChI is InChI=1S/C13H17N3O/c1-9(14)13(17)16(2)8-10-7-15-12-6-4-3-5-11(10)12/h3-7,9,15H,8,14H2,1-2H3. The highest BCUT2D eigenvalue weighted by Gasteiger charge is 2.14. The molecule has 1 aromatic carbocycles. The third-order valence-corrected chi connectivity index (χ3v) is 2.85. The summed E-state index contributed by atoms with van der Waals surface area (Å²) in [6.45, 7) is 2.28. The first kappa shape index (κ1) is 11.7. The SMILES string of the molecule is CC(N)C(=O)N(C)Cc1c[nH]c2ccccc12. The number of rotatable bonds is 3. The third-order valence-electron chi connectivity index (χ3n) is 2.85. The molecule has 1 unspecified atom stereocenters. The molecule has 0 aliphatic heterocycles. The summed E-state index contributed by atoms with van der Waals surface area (Å²) in [4.78, 5) is 16.5. The van der Waals surface area contributed by atoms with E-state index in [1.165, 1.54) is 0 Å². The van der Waals surface area contributed by atoms with Gasteiger partial charge in [-0.2, -0.15) is 0 Å². The summed E-state index contributed by atoms with van der Waals surface area (Å²) >= 11 is 0. The minimum absolute atomic E-state index is 0.0460. The number of amides is 1. The molecule has 4 heteroatoms. The zero-order chi connectivity index (χ0) is 12.4. The molecule has 2 aromatic rings. The predicted octanol–water partition coefficient (Wildman–Crippen LogP) is 1.47. The molecule has 3 N–H and O–H groups in total. The van der Waals surface area contributed by atoms with Gasteiger partial charge in [0.25, 0.3) is 0 Å². The van der Waals surface area contributed by atoms with Gasteiger partial charge in [-0.3, -0.25) is 4.79 Å². The van der Waals surface area contributed by atoms with E-state index in [9.17, 15) is 4.79 Å². The number of aromatic amines is 1. The van der Waals surface area contributed by atoms with Crippen LogP contribution in [0.5, 0.6) is 0 Å². The minimum atomic E-state index is -0.454. The van der Waals surface area contributed by atoms with E-state index < -0.39 is 6.04 Å². The zero-order valence-corrected chi connectivity index (χ0v) is 10.1. The van der Waals surface area contributed by atoms with Gasteiger partial charge in [-0.05, 0) is 18.6 Å². The summed E-state index contributed by atoms with van der Waals surface area (Å²) < 4.78 is 0. The second-order valence-electron chi connectivity index (χ2n) is 4.34. The normalized spacial score (nSPS) is 12.6. The van der Waals surface area contributed by atoms with Gasteiger partial charge >= 0.3 is 0 Å². The average Bonchev–Trinajstić information content (AvgIpc) is 2.71. The summed E-state index contributed by atoms with van der Waals surface area (Å²) in [6.07, 6.45) is 1.94. The molecule has 4 nitrogen and oxygen atoms in total. The monoisotopic (exact) mass is 231 g/mol. The second-order valence-corrected chi connectivity index (χ2v) is 4.34. The van der Waals surface area contributed by atoms with Gasteiger partial charge < -0.3 is 15.6 Å². The number of fused-ring (bicyclic) bond motifs is 1. The van der Waals surface area contributed by atoms with Crippen molar-refractivity contribution in [2.24, 2.45) is 5.73 Å². The van der Waals surface area contributed by atoms with Crippen LogP contribution in [-0.4, -0.2) is 28.9 Å². The number of nitrogens with one attached hydrogen (secondary N) is 1. The van der Waals surface area contributed by atoms with Crippen molar-refractivity contribution in [2.75, 3.05) is 7.05 Å². The Morgan fingerprint density at radius 2 is 2.18 bits per heavy atom. The van der Waals surface area contributed by atoms with Crippen molar-refractivity contribution >= 4 is 16.8 Å². The van der Waals surface area contributed by atoms with Crippen LogP contribution in [0.15, 0.2) is 30.5 Å². The number of carbonyl (C=O) groups excluding carboxylic acids is 1. The van der Waals surface area contributed by atoms with E-state index in [1.807, 2.05) is 30.5 Å². The van der Waals surface area contributed by atoms with Crippen LogP contribution in [0.3, 0.4) is 0 Å². The Morgan fingerprint density at radius 3 is 2.88 bits per heavy atom. The number of nitrogens with two attached hydrogens (primary N) is 1. The maximum atomic E-state index is 11.7. The summed E-state index contributed by atoms with van der Waals surface area (Å²) in [5, 5.41) is 1.15. The van der Waals surface area contributed by atoms with Crippen molar-refractivity contribution in [3.63, 3.8) is 0 Å². The van der Waals surface area contributed by atoms with Crippen molar-refractivity contribution < 1.29 is 4.79 Å². The number of likely N-dealkylation sites (N-methyl/N-ethyl adjacent to an activating group) is 1. The van der Waals surface area contributed by atoms with E-state index in [0.29, 0.717) is 6.54 Å². The lowest BCUT2D eigenvalue weighted by atomic mass is 10.1. The zero-order valence-electron chi connectivity index (χ0n) is 10.1. The molecular formula is C13H17N3O. The summed E-state index contributed by atoms with van der Waals surface area (Å²) in [5.74, 6) is -0.0460. The van der Waals surface area contributed by atoms with E-state index in [-0.39, 0.29) is 5.91 Å². The van der Waals surface area contributed by atoms with Crippen molar-refractivity contribution in [3.05, 3.63) is 36.0 Å². The molecule has 0 fully saturated rings. The second kappa shape index (κ2) is 4.59. The Hall–Kier alpha value is -1.81. The van der Waals surface area contributed by atoms with Crippen LogP contribution >= 0.6 is 0 Å². The Bertz CT molecular complexity index is 530. The number of nitrogens with zero attached hydrogens (tertiary/aromatic N) is 1. The van der Waals surface area contributed by atoms with E-state index in [2.05, 4.69) is 4.98 Å². The highest BCUT2D eigenvalue weighted by Crippen LogP contribution is 2.18. The lowest BCUT2D eigenvalue weighted by Gasteiger charge is -2.18. The smallest absolute Gasteiger partial charge is 0.239 e. The van der Waals surface area contributed by atoms with Gasteiger partial charge in [-0.1, -0.05) is 18.2 Å². The Morgan fingerprint density at radius 1 is 1.47 bits per heavy atom. The van der Waals surface area contributed by atoms with Gasteiger partial charge in [0.2, 0.25) is 5.91 Å². The highest BCUT2D eigenvalue weighted by molar-refractivity contribution is 5.84. The molecule has 0 saturated carbocycles. The quantitative estimate of drug-likeness (QED) is 0.840. The molecule has 2 rings (SSSR count). The van der Waals surface area contributed by atoms with Crippen LogP contribution in [-0.2, 0) is 11.3 Å². The topological polar surface area (TPSA) is 62.1 Å². The average molecular weight is 231 g/mol. The van der Waals surface area contributed by atoms with Crippen molar-refractivity contribution in [2.45, 2.75) is 19.5 Å². The molecule has 1 amide bonds. The van der Waals surface area contributed by atoms with Crippen LogP contribution in [0.4, 0.5) is 0 Å². The fourth-order valence-electron chi connectivity index (χ4n) is 1.94. The molecule has 0 aliphatic carbocycles. The first-order valence-corrected chi connectivity index (χ1v) is 5.65.